The van der Waals surface area contributed by atoms with Gasteiger partial charge in [0.05, 0.1) is 17.1 Å². The predicted molar refractivity (Wildman–Crippen MR) is 163 cm³/mol. The number of pyridine rings is 1. The first-order valence-electron chi connectivity index (χ1n) is 15.5. The average Bonchev–Trinajstić information content (AvgIpc) is 3.50. The number of rotatable bonds is 4. The molecule has 3 fully saturated rings. The van der Waals surface area contributed by atoms with Crippen molar-refractivity contribution >= 4 is 27.5 Å². The number of aromatic hydroxyl groups is 1. The van der Waals surface area contributed by atoms with Crippen molar-refractivity contribution in [2.45, 2.75) is 56.8 Å². The van der Waals surface area contributed by atoms with E-state index >= 15 is 4.39 Å². The molecule has 6 heterocycles. The summed E-state index contributed by atoms with van der Waals surface area (Å²) in [5.74, 6) is 1.73. The third-order valence-corrected chi connectivity index (χ3v) is 10.0. The lowest BCUT2D eigenvalue weighted by molar-refractivity contribution is 0.107. The van der Waals surface area contributed by atoms with Crippen LogP contribution in [0.4, 0.5) is 19.0 Å². The molecule has 4 aromatic rings. The minimum Gasteiger partial charge on any atom is -0.508 e. The van der Waals surface area contributed by atoms with E-state index in [-0.39, 0.29) is 58.0 Å². The highest BCUT2D eigenvalue weighted by atomic mass is 19.1. The molecule has 0 saturated carbocycles. The lowest BCUT2D eigenvalue weighted by atomic mass is 9.94. The van der Waals surface area contributed by atoms with Crippen molar-refractivity contribution in [2.75, 3.05) is 37.7 Å². The maximum atomic E-state index is 16.9. The monoisotopic (exact) mass is 615 g/mol. The highest BCUT2D eigenvalue weighted by Crippen LogP contribution is 2.45. The number of hydrogen-bond donors (Lipinski definition) is 1. The molecule has 0 aliphatic carbocycles. The van der Waals surface area contributed by atoms with Gasteiger partial charge in [-0.25, -0.2) is 18.2 Å². The van der Waals surface area contributed by atoms with Gasteiger partial charge >= 0.3 is 6.01 Å². The highest BCUT2D eigenvalue weighted by Gasteiger charge is 2.49. The van der Waals surface area contributed by atoms with Crippen molar-refractivity contribution in [1.82, 2.24) is 19.9 Å². The van der Waals surface area contributed by atoms with E-state index in [1.807, 2.05) is 0 Å². The minimum atomic E-state index is -0.924. The predicted octanol–water partition coefficient (Wildman–Crippen LogP) is 5.76. The molecule has 2 aromatic heterocycles. The van der Waals surface area contributed by atoms with Gasteiger partial charge in [-0.15, -0.1) is 6.42 Å². The van der Waals surface area contributed by atoms with Crippen LogP contribution in [0.3, 0.4) is 0 Å². The van der Waals surface area contributed by atoms with Gasteiger partial charge in [0.2, 0.25) is 5.88 Å². The summed E-state index contributed by atoms with van der Waals surface area (Å²) in [6.45, 7) is 4.52. The fourth-order valence-electron chi connectivity index (χ4n) is 7.88. The lowest BCUT2D eigenvalue weighted by Crippen LogP contribution is -2.46. The fraction of sp³-hybridized carbons (Fsp3) is 0.441. The van der Waals surface area contributed by atoms with Crippen LogP contribution in [-0.2, 0) is 0 Å². The van der Waals surface area contributed by atoms with Crippen LogP contribution in [0.1, 0.15) is 44.6 Å². The summed E-state index contributed by atoms with van der Waals surface area (Å²) in [5.41, 5.74) is -0.673. The van der Waals surface area contributed by atoms with E-state index in [4.69, 9.17) is 20.9 Å². The first-order valence-corrected chi connectivity index (χ1v) is 15.5. The molecule has 232 valence electrons. The van der Waals surface area contributed by atoms with E-state index in [1.54, 1.807) is 0 Å². The van der Waals surface area contributed by atoms with Crippen LogP contribution in [0.15, 0.2) is 24.3 Å². The Balaban J connectivity index is 1.33. The number of phenolic OH excluding ortho intramolecular Hbond substituents is 1. The third kappa shape index (κ3) is 4.44. The molecular formula is C34H32F3N5O3. The Morgan fingerprint density at radius 3 is 2.87 bits per heavy atom. The molecule has 8 nitrogen and oxygen atoms in total. The van der Waals surface area contributed by atoms with Gasteiger partial charge in [-0.3, -0.25) is 4.90 Å². The maximum absolute atomic E-state index is 16.9. The molecule has 0 unspecified atom stereocenters. The Morgan fingerprint density at radius 2 is 2.02 bits per heavy atom. The molecule has 0 bridgehead atoms. The number of halogens is 3. The zero-order valence-corrected chi connectivity index (χ0v) is 24.8. The van der Waals surface area contributed by atoms with Crippen molar-refractivity contribution in [2.24, 2.45) is 5.92 Å². The molecule has 45 heavy (non-hydrogen) atoms. The van der Waals surface area contributed by atoms with Crippen LogP contribution < -0.4 is 14.4 Å². The van der Waals surface area contributed by atoms with Gasteiger partial charge in [-0.2, -0.15) is 9.97 Å². The summed E-state index contributed by atoms with van der Waals surface area (Å²) in [6.07, 6.45) is 8.77. The summed E-state index contributed by atoms with van der Waals surface area (Å²) in [6, 6.07) is 5.39. The number of ether oxygens (including phenoxy) is 2. The van der Waals surface area contributed by atoms with E-state index in [9.17, 15) is 13.9 Å². The van der Waals surface area contributed by atoms with Gasteiger partial charge in [0.25, 0.3) is 0 Å². The van der Waals surface area contributed by atoms with E-state index in [1.165, 1.54) is 24.3 Å². The van der Waals surface area contributed by atoms with Gasteiger partial charge in [0, 0.05) is 30.5 Å². The molecule has 8 rings (SSSR count). The molecule has 3 saturated heterocycles. The quantitative estimate of drug-likeness (QED) is 0.290. The molecule has 0 spiro atoms. The standard InChI is InChI=1S/C34H32F3N5O3/c1-3-23-25(36)8-6-19-11-22(43)12-24(26(19)23)29-28(37)30-27-31(42-14-18(2)5-7-21(42)16-44-32(27)38-29)40-33(39-30)45-17-34-9-4-10-41(34)15-20(35)13-34/h1,6,8,11-12,18,20-21,43H,4-5,7,9-10,13-17H2,2H3/t18-,20-,21+,34+/m1/s1. The normalized spacial score (nSPS) is 25.9. The van der Waals surface area contributed by atoms with Crippen LogP contribution >= 0.6 is 0 Å². The highest BCUT2D eigenvalue weighted by molar-refractivity contribution is 6.04. The molecule has 1 N–H and O–H groups in total. The second kappa shape index (κ2) is 10.4. The Hall–Kier alpha value is -4.30. The Bertz CT molecular complexity index is 1910. The average molecular weight is 616 g/mol. The van der Waals surface area contributed by atoms with E-state index in [0.29, 0.717) is 48.6 Å². The minimum absolute atomic E-state index is 0.0157. The van der Waals surface area contributed by atoms with Gasteiger partial charge in [-0.05, 0) is 61.7 Å². The summed E-state index contributed by atoms with van der Waals surface area (Å²) >= 11 is 0. The van der Waals surface area contributed by atoms with Gasteiger partial charge in [-0.1, -0.05) is 18.9 Å². The second-order valence-electron chi connectivity index (χ2n) is 13.0. The van der Waals surface area contributed by atoms with E-state index < -0.39 is 23.3 Å². The number of hydrogen-bond acceptors (Lipinski definition) is 8. The molecule has 2 aromatic carbocycles. The molecule has 4 atom stereocenters. The summed E-state index contributed by atoms with van der Waals surface area (Å²) in [5, 5.41) is 11.6. The van der Waals surface area contributed by atoms with Gasteiger partial charge in [0.15, 0.2) is 5.82 Å². The third-order valence-electron chi connectivity index (χ3n) is 10.0. The second-order valence-corrected chi connectivity index (χ2v) is 13.0. The molecule has 0 amide bonds. The Labute approximate surface area is 258 Å². The molecule has 0 radical (unpaired) electrons. The fourth-order valence-corrected chi connectivity index (χ4v) is 7.88. The van der Waals surface area contributed by atoms with Crippen LogP contribution in [0.2, 0.25) is 0 Å². The number of nitrogens with zero attached hydrogens (tertiary/aromatic N) is 5. The van der Waals surface area contributed by atoms with Crippen LogP contribution in [0, 0.1) is 29.9 Å². The van der Waals surface area contributed by atoms with Crippen LogP contribution in [0.25, 0.3) is 32.9 Å². The zero-order chi connectivity index (χ0) is 31.0. The number of alkyl halides is 1. The van der Waals surface area contributed by atoms with Gasteiger partial charge < -0.3 is 19.5 Å². The van der Waals surface area contributed by atoms with Crippen molar-refractivity contribution < 1.29 is 27.8 Å². The smallest absolute Gasteiger partial charge is 0.319 e. The number of phenols is 1. The molecule has 4 aliphatic heterocycles. The first-order chi connectivity index (χ1) is 21.7. The summed E-state index contributed by atoms with van der Waals surface area (Å²) < 4.78 is 58.8. The van der Waals surface area contributed by atoms with Crippen LogP contribution in [-0.4, -0.2) is 75.6 Å². The Morgan fingerprint density at radius 1 is 1.16 bits per heavy atom. The van der Waals surface area contributed by atoms with E-state index in [2.05, 4.69) is 32.6 Å². The first kappa shape index (κ1) is 28.2. The van der Waals surface area contributed by atoms with Crippen molar-refractivity contribution in [3.63, 3.8) is 0 Å². The molecule has 11 heteroatoms. The number of fused-ring (bicyclic) bond motifs is 4. The zero-order valence-electron chi connectivity index (χ0n) is 24.8. The van der Waals surface area contributed by atoms with E-state index in [0.717, 1.165) is 32.2 Å². The maximum Gasteiger partial charge on any atom is 0.319 e. The van der Waals surface area contributed by atoms with Crippen molar-refractivity contribution in [1.29, 1.82) is 0 Å². The SMILES string of the molecule is C#Cc1c(F)ccc2cc(O)cc(-c3nc4c5c(nc(OC[C@@]67CCCN6C[C@H](F)C7)nc5c3F)N3C[C@H](C)CC[C@H]3CO4)c12. The Kier molecular flexibility index (Phi) is 6.50. The molecular weight excluding hydrogens is 583 g/mol. The van der Waals surface area contributed by atoms with Crippen molar-refractivity contribution in [3.8, 4) is 41.2 Å². The number of piperidine rings is 1. The topological polar surface area (TPSA) is 83.8 Å². The number of benzene rings is 2. The van der Waals surface area contributed by atoms with Crippen molar-refractivity contribution in [3.05, 3.63) is 41.5 Å². The van der Waals surface area contributed by atoms with Crippen LogP contribution in [0.5, 0.6) is 17.6 Å². The lowest BCUT2D eigenvalue weighted by Gasteiger charge is -2.38. The van der Waals surface area contributed by atoms with Gasteiger partial charge in [0.1, 0.15) is 53.4 Å². The summed E-state index contributed by atoms with van der Waals surface area (Å²) in [4.78, 5) is 18.3. The largest absolute Gasteiger partial charge is 0.508 e. The number of anilines is 1. The number of terminal acetylenes is 1. The summed E-state index contributed by atoms with van der Waals surface area (Å²) in [7, 11) is 0. The molecule has 4 aliphatic rings. The number of aromatic nitrogens is 3.